The molecule has 1 aromatic carbocycles. The zero-order valence-electron chi connectivity index (χ0n) is 7.27. The van der Waals surface area contributed by atoms with E-state index in [0.717, 1.165) is 6.07 Å². The molecule has 0 atom stereocenters. The lowest BCUT2D eigenvalue weighted by atomic mass is 10.2. The van der Waals surface area contributed by atoms with Crippen LogP contribution in [-0.4, -0.2) is 29.2 Å². The molecule has 0 radical (unpaired) electrons. The lowest BCUT2D eigenvalue weighted by Gasteiger charge is -2.14. The maximum atomic E-state index is 10.9. The molecular weight excluding hydrogens is 466 g/mol. The quantitative estimate of drug-likeness (QED) is 0.498. The number of aromatic carboxylic acids is 1. The summed E-state index contributed by atoms with van der Waals surface area (Å²) in [5.41, 5.74) is -0.443. The highest BCUT2D eigenvalue weighted by molar-refractivity contribution is 14.1. The molecule has 0 amide bonds. The molecule has 6 nitrogen and oxygen atoms in total. The van der Waals surface area contributed by atoms with Crippen LogP contribution in [0.3, 0.4) is 0 Å². The highest BCUT2D eigenvalue weighted by atomic mass is 127. The molecule has 0 heterocycles. The highest BCUT2D eigenvalue weighted by Gasteiger charge is 2.21. The Kier molecular flexibility index (Phi) is 4.02. The van der Waals surface area contributed by atoms with Crippen molar-refractivity contribution in [3.05, 3.63) is 18.8 Å². The maximum Gasteiger partial charge on any atom is 0.339 e. The van der Waals surface area contributed by atoms with Crippen LogP contribution in [0.2, 0.25) is 0 Å². The predicted octanol–water partition coefficient (Wildman–Crippen LogP) is 1.20. The Balaban J connectivity index is 3.73. The second-order valence-electron chi connectivity index (χ2n) is 2.66. The van der Waals surface area contributed by atoms with Gasteiger partial charge >= 0.3 is 5.97 Å². The number of carboxylic acid groups (broad SMARTS) is 1. The third kappa shape index (κ3) is 2.57. The highest BCUT2D eigenvalue weighted by Crippen LogP contribution is 2.34. The molecule has 9 heteroatoms. The lowest BCUT2D eigenvalue weighted by Crippen LogP contribution is -2.08. The summed E-state index contributed by atoms with van der Waals surface area (Å²) in [6, 6.07) is 0.936. The van der Waals surface area contributed by atoms with Gasteiger partial charge in [0.25, 0.3) is 0 Å². The van der Waals surface area contributed by atoms with E-state index in [9.17, 15) is 22.9 Å². The van der Waals surface area contributed by atoms with Gasteiger partial charge in [-0.15, -0.1) is 0 Å². The van der Waals surface area contributed by atoms with Crippen LogP contribution in [0, 0.1) is 7.14 Å². The second kappa shape index (κ2) is 4.62. The van der Waals surface area contributed by atoms with Crippen molar-refractivity contribution in [2.24, 2.45) is 0 Å². The van der Waals surface area contributed by atoms with E-state index in [-0.39, 0.29) is 7.14 Å². The molecule has 0 aromatic heterocycles. The van der Waals surface area contributed by atoms with Gasteiger partial charge in [-0.05, 0) is 51.2 Å². The first-order valence-electron chi connectivity index (χ1n) is 3.56. The molecule has 0 bridgehead atoms. The molecule has 0 aliphatic rings. The Labute approximate surface area is 118 Å². The number of halogens is 2. The van der Waals surface area contributed by atoms with Crippen LogP contribution >= 0.6 is 45.2 Å². The first-order valence-corrected chi connectivity index (χ1v) is 7.13. The molecule has 0 unspecified atom stereocenters. The topological polar surface area (TPSA) is 115 Å². The monoisotopic (exact) mass is 469 g/mol. The summed E-state index contributed by atoms with van der Waals surface area (Å²) in [5.74, 6) is -2.12. The number of benzene rings is 1. The molecule has 88 valence electrons. The van der Waals surface area contributed by atoms with Crippen molar-refractivity contribution in [2.45, 2.75) is 4.90 Å². The van der Waals surface area contributed by atoms with Gasteiger partial charge in [0.05, 0.1) is 8.47 Å². The molecule has 1 rings (SSSR count). The minimum Gasteiger partial charge on any atom is -0.744 e. The van der Waals surface area contributed by atoms with E-state index in [1.54, 1.807) is 0 Å². The first-order chi connectivity index (χ1) is 7.16. The molecule has 0 aliphatic heterocycles. The smallest absolute Gasteiger partial charge is 0.339 e. The minimum atomic E-state index is -4.75. The summed E-state index contributed by atoms with van der Waals surface area (Å²) in [4.78, 5) is 10.1. The van der Waals surface area contributed by atoms with E-state index in [0.29, 0.717) is 0 Å². The number of carbonyl (C=O) groups is 1. The molecule has 0 fully saturated rings. The van der Waals surface area contributed by atoms with E-state index in [2.05, 4.69) is 0 Å². The first kappa shape index (κ1) is 13.9. The van der Waals surface area contributed by atoms with Crippen LogP contribution in [-0.2, 0) is 10.1 Å². The van der Waals surface area contributed by atoms with Crippen LogP contribution in [0.1, 0.15) is 10.4 Å². The summed E-state index contributed by atoms with van der Waals surface area (Å²) < 4.78 is 32.3. The summed E-state index contributed by atoms with van der Waals surface area (Å²) in [7, 11) is -4.75. The minimum absolute atomic E-state index is 0.0350. The fraction of sp³-hybridized carbons (Fsp3) is 0. The normalized spacial score (nSPS) is 11.4. The average Bonchev–Trinajstić information content (AvgIpc) is 2.08. The molecule has 2 N–H and O–H groups in total. The second-order valence-corrected chi connectivity index (χ2v) is 6.21. The zero-order valence-corrected chi connectivity index (χ0v) is 12.4. The Hall–Kier alpha value is -0.140. The summed E-state index contributed by atoms with van der Waals surface area (Å²) in [5, 5.41) is 18.2. The van der Waals surface area contributed by atoms with E-state index >= 15 is 0 Å². The molecule has 16 heavy (non-hydrogen) atoms. The number of carboxylic acids is 1. The van der Waals surface area contributed by atoms with Crippen LogP contribution in [0.4, 0.5) is 0 Å². The maximum absolute atomic E-state index is 10.9. The van der Waals surface area contributed by atoms with Gasteiger partial charge in [-0.25, -0.2) is 13.2 Å². The largest absolute Gasteiger partial charge is 0.744 e. The number of phenols is 1. The number of hydrogen-bond acceptors (Lipinski definition) is 5. The van der Waals surface area contributed by atoms with Gasteiger partial charge in [0.1, 0.15) is 21.4 Å². The van der Waals surface area contributed by atoms with Gasteiger partial charge in [-0.3, -0.25) is 0 Å². The van der Waals surface area contributed by atoms with Crippen molar-refractivity contribution < 1.29 is 28.0 Å². The number of hydrogen-bond donors (Lipinski definition) is 2. The van der Waals surface area contributed by atoms with Crippen molar-refractivity contribution in [3.63, 3.8) is 0 Å². The lowest BCUT2D eigenvalue weighted by molar-refractivity contribution is 0.0693. The summed E-state index contributed by atoms with van der Waals surface area (Å²) in [6.45, 7) is 0. The van der Waals surface area contributed by atoms with Gasteiger partial charge < -0.3 is 14.8 Å². The summed E-state index contributed by atoms with van der Waals surface area (Å²) in [6.07, 6.45) is 0. The van der Waals surface area contributed by atoms with Gasteiger partial charge in [0.2, 0.25) is 0 Å². The van der Waals surface area contributed by atoms with Gasteiger partial charge in [-0.2, -0.15) is 0 Å². The molecule has 0 aliphatic carbocycles. The molecule has 0 spiro atoms. The Morgan fingerprint density at radius 3 is 2.25 bits per heavy atom. The van der Waals surface area contributed by atoms with Crippen LogP contribution in [0.5, 0.6) is 5.75 Å². The summed E-state index contributed by atoms with van der Waals surface area (Å²) >= 11 is 2.95. The fourth-order valence-electron chi connectivity index (χ4n) is 0.983. The van der Waals surface area contributed by atoms with Crippen molar-refractivity contribution in [1.82, 2.24) is 0 Å². The molecule has 0 saturated heterocycles. The Morgan fingerprint density at radius 2 is 1.88 bits per heavy atom. The third-order valence-corrected chi connectivity index (χ3v) is 5.19. The van der Waals surface area contributed by atoms with E-state index in [4.69, 9.17) is 5.11 Å². The van der Waals surface area contributed by atoms with Crippen LogP contribution in [0.15, 0.2) is 11.0 Å². The predicted molar refractivity (Wildman–Crippen MR) is 68.5 cm³/mol. The van der Waals surface area contributed by atoms with E-state index in [1.165, 1.54) is 45.2 Å². The van der Waals surface area contributed by atoms with Crippen LogP contribution in [0.25, 0.3) is 0 Å². The van der Waals surface area contributed by atoms with Gasteiger partial charge in [0, 0.05) is 3.57 Å². The molecular formula is C7H3I2O6S-. The zero-order chi connectivity index (χ0) is 12.7. The number of rotatable bonds is 2. The SMILES string of the molecule is O=C(O)c1cc(I)c(S(=O)(=O)[O-])c(I)c1O. The average molecular weight is 469 g/mol. The van der Waals surface area contributed by atoms with E-state index in [1.807, 2.05) is 0 Å². The van der Waals surface area contributed by atoms with Crippen molar-refractivity contribution in [3.8, 4) is 5.75 Å². The fourth-order valence-corrected chi connectivity index (χ4v) is 4.89. The third-order valence-electron chi connectivity index (χ3n) is 1.63. The van der Waals surface area contributed by atoms with E-state index < -0.39 is 32.3 Å². The standard InChI is InChI=1S/C7H4I2O6S/c8-3-1-2(7(11)12)5(10)4(9)6(3)16(13,14)15/h1,10H,(H,11,12)(H,13,14,15)/p-1. The van der Waals surface area contributed by atoms with Crippen molar-refractivity contribution >= 4 is 61.3 Å². The van der Waals surface area contributed by atoms with Crippen LogP contribution < -0.4 is 0 Å². The van der Waals surface area contributed by atoms with Crippen molar-refractivity contribution in [1.29, 1.82) is 0 Å². The molecule has 0 saturated carbocycles. The number of aromatic hydroxyl groups is 1. The van der Waals surface area contributed by atoms with Crippen molar-refractivity contribution in [2.75, 3.05) is 0 Å². The molecule has 1 aromatic rings. The van der Waals surface area contributed by atoms with Gasteiger partial charge in [-0.1, -0.05) is 0 Å². The Bertz CT molecular complexity index is 565. The van der Waals surface area contributed by atoms with Gasteiger partial charge in [0.15, 0.2) is 0 Å². The Morgan fingerprint density at radius 1 is 1.38 bits per heavy atom.